The van der Waals surface area contributed by atoms with Crippen LogP contribution in [-0.4, -0.2) is 16.9 Å². The summed E-state index contributed by atoms with van der Waals surface area (Å²) < 4.78 is -0.690. The maximum atomic E-state index is 11.2. The highest BCUT2D eigenvalue weighted by Gasteiger charge is 2.27. The van der Waals surface area contributed by atoms with Gasteiger partial charge < -0.3 is 0 Å². The molecule has 3 nitrogen and oxygen atoms in total. The van der Waals surface area contributed by atoms with E-state index < -0.39 is 10.3 Å². The first-order valence-corrected chi connectivity index (χ1v) is 4.95. The second kappa shape index (κ2) is 4.42. The van der Waals surface area contributed by atoms with E-state index in [1.54, 1.807) is 13.8 Å². The minimum atomic E-state index is -0.690. The van der Waals surface area contributed by atoms with E-state index in [1.165, 1.54) is 0 Å². The lowest BCUT2D eigenvalue weighted by Gasteiger charge is -2.18. The number of halogens is 1. The summed E-state index contributed by atoms with van der Waals surface area (Å²) in [5.41, 5.74) is -0.00324. The van der Waals surface area contributed by atoms with Crippen LogP contribution in [0.15, 0.2) is 0 Å². The van der Waals surface area contributed by atoms with Gasteiger partial charge in [-0.1, -0.05) is 36.7 Å². The Bertz CT molecular complexity index is 176. The number of hydrogen-bond acceptors (Lipinski definition) is 3. The van der Waals surface area contributed by atoms with Gasteiger partial charge in [0.25, 0.3) is 0 Å². The molecule has 0 radical (unpaired) electrons. The summed E-state index contributed by atoms with van der Waals surface area (Å²) in [6.07, 6.45) is 0. The van der Waals surface area contributed by atoms with Gasteiger partial charge >= 0.3 is 5.97 Å². The summed E-state index contributed by atoms with van der Waals surface area (Å²) in [4.78, 5) is 20.6. The number of alkyl halides is 1. The second-order valence-corrected chi connectivity index (χ2v) is 6.65. The molecule has 0 rings (SSSR count). The zero-order chi connectivity index (χ0) is 10.7. The van der Waals surface area contributed by atoms with Gasteiger partial charge in [-0.3, -0.25) is 4.89 Å². The Labute approximate surface area is 87.8 Å². The minimum Gasteiger partial charge on any atom is -0.297 e. The Kier molecular flexibility index (Phi) is 4.39. The van der Waals surface area contributed by atoms with Crippen molar-refractivity contribution in [3.8, 4) is 0 Å². The van der Waals surface area contributed by atoms with Crippen LogP contribution in [0.3, 0.4) is 0 Å². The van der Waals surface area contributed by atoms with E-state index in [1.807, 2.05) is 20.8 Å². The zero-order valence-corrected chi connectivity index (χ0v) is 10.4. The van der Waals surface area contributed by atoms with Gasteiger partial charge in [-0.15, -0.1) is 0 Å². The summed E-state index contributed by atoms with van der Waals surface area (Å²) in [5, 5.41) is 0. The van der Waals surface area contributed by atoms with Crippen LogP contribution in [0.25, 0.3) is 0 Å². The smallest absolute Gasteiger partial charge is 0.297 e. The lowest BCUT2D eigenvalue weighted by Crippen LogP contribution is -2.28. The van der Waals surface area contributed by atoms with E-state index in [0.29, 0.717) is 6.61 Å². The highest BCUT2D eigenvalue weighted by molar-refractivity contribution is 9.10. The molecular formula is C9H17BrO3. The zero-order valence-electron chi connectivity index (χ0n) is 8.81. The van der Waals surface area contributed by atoms with Crippen LogP contribution in [0.1, 0.15) is 34.6 Å². The van der Waals surface area contributed by atoms with Gasteiger partial charge in [0.15, 0.2) is 0 Å². The Balaban J connectivity index is 3.74. The van der Waals surface area contributed by atoms with Crippen molar-refractivity contribution in [3.63, 3.8) is 0 Å². The topological polar surface area (TPSA) is 35.5 Å². The Morgan fingerprint density at radius 3 is 2.00 bits per heavy atom. The van der Waals surface area contributed by atoms with Gasteiger partial charge in [0.1, 0.15) is 4.32 Å². The van der Waals surface area contributed by atoms with Crippen molar-refractivity contribution < 1.29 is 14.6 Å². The molecular weight excluding hydrogens is 236 g/mol. The van der Waals surface area contributed by atoms with Crippen LogP contribution in [0.5, 0.6) is 0 Å². The second-order valence-electron chi connectivity index (χ2n) is 4.67. The third-order valence-electron chi connectivity index (χ3n) is 1.11. The fourth-order valence-corrected chi connectivity index (χ4v) is 0.425. The van der Waals surface area contributed by atoms with Crippen molar-refractivity contribution in [2.24, 2.45) is 5.41 Å². The fraction of sp³-hybridized carbons (Fsp3) is 0.889. The van der Waals surface area contributed by atoms with Crippen molar-refractivity contribution in [1.29, 1.82) is 0 Å². The van der Waals surface area contributed by atoms with Crippen LogP contribution in [-0.2, 0) is 14.6 Å². The SMILES string of the molecule is CC(C)(C)COOC(=O)C(C)(C)Br. The summed E-state index contributed by atoms with van der Waals surface area (Å²) in [6, 6.07) is 0. The van der Waals surface area contributed by atoms with Crippen LogP contribution in [0.2, 0.25) is 0 Å². The fourth-order valence-electron chi connectivity index (χ4n) is 0.359. The molecule has 0 unspecified atom stereocenters. The number of carbonyl (C=O) groups is 1. The first-order valence-electron chi connectivity index (χ1n) is 4.16. The molecule has 0 aliphatic carbocycles. The van der Waals surface area contributed by atoms with E-state index in [4.69, 9.17) is 4.89 Å². The molecule has 0 N–H and O–H groups in total. The van der Waals surface area contributed by atoms with E-state index >= 15 is 0 Å². The standard InChI is InChI=1S/C9H17BrO3/c1-8(2,3)6-12-13-7(11)9(4,5)10/h6H2,1-5H3. The third-order valence-corrected chi connectivity index (χ3v) is 1.44. The normalized spacial score (nSPS) is 12.8. The number of hydrogen-bond donors (Lipinski definition) is 0. The Morgan fingerprint density at radius 2 is 1.69 bits per heavy atom. The van der Waals surface area contributed by atoms with E-state index in [0.717, 1.165) is 0 Å². The van der Waals surface area contributed by atoms with E-state index in [-0.39, 0.29) is 5.41 Å². The van der Waals surface area contributed by atoms with Crippen molar-refractivity contribution in [3.05, 3.63) is 0 Å². The molecule has 0 heterocycles. The maximum Gasteiger partial charge on any atom is 0.358 e. The molecule has 0 atom stereocenters. The minimum absolute atomic E-state index is 0.00324. The molecule has 0 fully saturated rings. The van der Waals surface area contributed by atoms with Gasteiger partial charge in [0.05, 0.1) is 6.61 Å². The quantitative estimate of drug-likeness (QED) is 0.440. The molecule has 0 saturated heterocycles. The molecule has 0 aromatic rings. The lowest BCUT2D eigenvalue weighted by atomic mass is 9.99. The third kappa shape index (κ3) is 7.02. The average molecular weight is 253 g/mol. The van der Waals surface area contributed by atoms with Gasteiger partial charge in [0, 0.05) is 0 Å². The van der Waals surface area contributed by atoms with Crippen molar-refractivity contribution in [2.45, 2.75) is 38.9 Å². The summed E-state index contributed by atoms with van der Waals surface area (Å²) >= 11 is 3.17. The van der Waals surface area contributed by atoms with Crippen LogP contribution in [0, 0.1) is 5.41 Å². The predicted molar refractivity (Wildman–Crippen MR) is 54.5 cm³/mol. The monoisotopic (exact) mass is 252 g/mol. The van der Waals surface area contributed by atoms with Crippen molar-refractivity contribution >= 4 is 21.9 Å². The molecule has 78 valence electrons. The van der Waals surface area contributed by atoms with Gasteiger partial charge in [-0.05, 0) is 19.3 Å². The van der Waals surface area contributed by atoms with Crippen molar-refractivity contribution in [1.82, 2.24) is 0 Å². The molecule has 0 aromatic heterocycles. The van der Waals surface area contributed by atoms with E-state index in [9.17, 15) is 4.79 Å². The van der Waals surface area contributed by atoms with Crippen LogP contribution < -0.4 is 0 Å². The van der Waals surface area contributed by atoms with E-state index in [2.05, 4.69) is 20.8 Å². The Hall–Kier alpha value is -0.0900. The van der Waals surface area contributed by atoms with Gasteiger partial charge in [-0.25, -0.2) is 4.79 Å². The summed E-state index contributed by atoms with van der Waals surface area (Å²) in [5.74, 6) is -0.420. The molecule has 0 spiro atoms. The summed E-state index contributed by atoms with van der Waals surface area (Å²) in [7, 11) is 0. The highest BCUT2D eigenvalue weighted by atomic mass is 79.9. The predicted octanol–water partition coefficient (Wildman–Crippen LogP) is 2.68. The largest absolute Gasteiger partial charge is 0.358 e. The first kappa shape index (κ1) is 12.9. The molecule has 13 heavy (non-hydrogen) atoms. The molecule has 0 aromatic carbocycles. The number of carbonyl (C=O) groups excluding carboxylic acids is 1. The van der Waals surface area contributed by atoms with Crippen LogP contribution >= 0.6 is 15.9 Å². The number of rotatable bonds is 3. The lowest BCUT2D eigenvalue weighted by molar-refractivity contribution is -0.284. The van der Waals surface area contributed by atoms with Gasteiger partial charge in [-0.2, -0.15) is 4.89 Å². The van der Waals surface area contributed by atoms with Crippen LogP contribution in [0.4, 0.5) is 0 Å². The maximum absolute atomic E-state index is 11.2. The molecule has 4 heteroatoms. The molecule has 0 amide bonds. The van der Waals surface area contributed by atoms with Gasteiger partial charge in [0.2, 0.25) is 0 Å². The molecule has 0 aliphatic heterocycles. The molecule has 0 aliphatic rings. The summed E-state index contributed by atoms with van der Waals surface area (Å²) in [6.45, 7) is 9.80. The van der Waals surface area contributed by atoms with Crippen molar-refractivity contribution in [2.75, 3.05) is 6.61 Å². The highest BCUT2D eigenvalue weighted by Crippen LogP contribution is 2.19. The Morgan fingerprint density at radius 1 is 1.23 bits per heavy atom. The molecule has 0 saturated carbocycles. The average Bonchev–Trinajstić information content (AvgIpc) is 1.82. The molecule has 0 bridgehead atoms. The first-order chi connectivity index (χ1) is 5.63.